The van der Waals surface area contributed by atoms with Crippen LogP contribution in [0.4, 0.5) is 0 Å². The summed E-state index contributed by atoms with van der Waals surface area (Å²) in [5.74, 6) is -0.798. The number of hydrogen-bond donors (Lipinski definition) is 1. The number of hydrogen-bond acceptors (Lipinski definition) is 6. The van der Waals surface area contributed by atoms with Crippen LogP contribution in [-0.2, 0) is 4.79 Å². The van der Waals surface area contributed by atoms with E-state index in [-0.39, 0.29) is 5.75 Å². The van der Waals surface area contributed by atoms with E-state index in [4.69, 9.17) is 0 Å². The number of carbonyl (C=O) groups excluding carboxylic acids is 2. The van der Waals surface area contributed by atoms with Gasteiger partial charge in [-0.15, -0.1) is 5.10 Å². The monoisotopic (exact) mass is 367 g/mol. The van der Waals surface area contributed by atoms with E-state index in [1.807, 2.05) is 32.0 Å². The smallest absolute Gasteiger partial charge is 0.257 e. The van der Waals surface area contributed by atoms with Crippen molar-refractivity contribution in [3.8, 4) is 5.69 Å². The number of imide groups is 1. The molecule has 0 atom stereocenters. The molecule has 132 valence electrons. The zero-order valence-electron chi connectivity index (χ0n) is 14.3. The number of benzene rings is 2. The average molecular weight is 367 g/mol. The van der Waals surface area contributed by atoms with Crippen molar-refractivity contribution in [1.29, 1.82) is 0 Å². The number of carbonyl (C=O) groups is 2. The molecule has 2 amide bonds. The summed E-state index contributed by atoms with van der Waals surface area (Å²) in [6.45, 7) is 3.99. The van der Waals surface area contributed by atoms with Gasteiger partial charge < -0.3 is 0 Å². The van der Waals surface area contributed by atoms with Crippen molar-refractivity contribution in [2.75, 3.05) is 5.75 Å². The van der Waals surface area contributed by atoms with Gasteiger partial charge in [0.15, 0.2) is 0 Å². The Kier molecular flexibility index (Phi) is 5.43. The van der Waals surface area contributed by atoms with Gasteiger partial charge >= 0.3 is 0 Å². The molecule has 26 heavy (non-hydrogen) atoms. The number of thioether (sulfide) groups is 1. The van der Waals surface area contributed by atoms with Crippen molar-refractivity contribution in [2.45, 2.75) is 19.0 Å². The normalized spacial score (nSPS) is 10.5. The highest BCUT2D eigenvalue weighted by Crippen LogP contribution is 2.21. The first kappa shape index (κ1) is 17.8. The average Bonchev–Trinajstić information content (AvgIpc) is 3.09. The van der Waals surface area contributed by atoms with Crippen molar-refractivity contribution >= 4 is 23.6 Å². The maximum absolute atomic E-state index is 12.1. The lowest BCUT2D eigenvalue weighted by atomic mass is 10.1. The van der Waals surface area contributed by atoms with Gasteiger partial charge in [-0.05, 0) is 48.0 Å². The van der Waals surface area contributed by atoms with E-state index >= 15 is 0 Å². The SMILES string of the molecule is Cc1ccc(-n2nnnc2SCC(=O)NC(=O)c2ccccc2)c(C)c1. The van der Waals surface area contributed by atoms with Crippen molar-refractivity contribution in [3.05, 3.63) is 65.2 Å². The topological polar surface area (TPSA) is 89.8 Å². The van der Waals surface area contributed by atoms with Crippen molar-refractivity contribution in [2.24, 2.45) is 0 Å². The van der Waals surface area contributed by atoms with E-state index in [1.54, 1.807) is 35.0 Å². The molecular weight excluding hydrogens is 350 g/mol. The summed E-state index contributed by atoms with van der Waals surface area (Å²) in [6, 6.07) is 14.5. The molecule has 0 radical (unpaired) electrons. The Morgan fingerprint density at radius 3 is 2.62 bits per heavy atom. The molecule has 2 aromatic carbocycles. The quantitative estimate of drug-likeness (QED) is 0.696. The molecule has 0 aliphatic rings. The van der Waals surface area contributed by atoms with Crippen LogP contribution in [-0.4, -0.2) is 37.8 Å². The second-order valence-electron chi connectivity index (χ2n) is 5.70. The Bertz CT molecular complexity index is 940. The third-order valence-corrected chi connectivity index (χ3v) is 4.56. The first-order valence-corrected chi connectivity index (χ1v) is 8.91. The highest BCUT2D eigenvalue weighted by atomic mass is 32.2. The van der Waals surface area contributed by atoms with Crippen LogP contribution >= 0.6 is 11.8 Å². The first-order chi connectivity index (χ1) is 12.5. The molecule has 7 nitrogen and oxygen atoms in total. The van der Waals surface area contributed by atoms with Crippen LogP contribution in [0.25, 0.3) is 5.69 Å². The van der Waals surface area contributed by atoms with E-state index in [0.717, 1.165) is 16.8 Å². The summed E-state index contributed by atoms with van der Waals surface area (Å²) >= 11 is 1.17. The second kappa shape index (κ2) is 7.92. The molecule has 0 spiro atoms. The standard InChI is InChI=1S/C18H17N5O2S/c1-12-8-9-15(13(2)10-12)23-18(20-21-22-23)26-11-16(24)19-17(25)14-6-4-3-5-7-14/h3-10H,11H2,1-2H3,(H,19,24,25). The van der Waals surface area contributed by atoms with Gasteiger partial charge in [-0.3, -0.25) is 14.9 Å². The van der Waals surface area contributed by atoms with Gasteiger partial charge in [0.25, 0.3) is 5.91 Å². The van der Waals surface area contributed by atoms with Crippen molar-refractivity contribution in [1.82, 2.24) is 25.5 Å². The molecular formula is C18H17N5O2S. The fraction of sp³-hybridized carbons (Fsp3) is 0.167. The number of tetrazole rings is 1. The molecule has 0 unspecified atom stereocenters. The number of amides is 2. The van der Waals surface area contributed by atoms with Gasteiger partial charge in [-0.25, -0.2) is 0 Å². The molecule has 1 N–H and O–H groups in total. The van der Waals surface area contributed by atoms with Gasteiger partial charge in [0, 0.05) is 5.56 Å². The highest BCUT2D eigenvalue weighted by Gasteiger charge is 2.15. The minimum absolute atomic E-state index is 0.0316. The van der Waals surface area contributed by atoms with Crippen molar-refractivity contribution in [3.63, 3.8) is 0 Å². The van der Waals surface area contributed by atoms with Crippen LogP contribution in [0.15, 0.2) is 53.7 Å². The molecule has 0 fully saturated rings. The van der Waals surface area contributed by atoms with E-state index in [9.17, 15) is 9.59 Å². The lowest BCUT2D eigenvalue weighted by Gasteiger charge is -2.08. The van der Waals surface area contributed by atoms with E-state index < -0.39 is 11.8 Å². The Morgan fingerprint density at radius 1 is 1.12 bits per heavy atom. The third-order valence-electron chi connectivity index (χ3n) is 3.64. The predicted molar refractivity (Wildman–Crippen MR) is 98.3 cm³/mol. The predicted octanol–water partition coefficient (Wildman–Crippen LogP) is 2.33. The Hall–Kier alpha value is -3.00. The van der Waals surface area contributed by atoms with E-state index in [2.05, 4.69) is 20.8 Å². The summed E-state index contributed by atoms with van der Waals surface area (Å²) in [5, 5.41) is 14.5. The largest absolute Gasteiger partial charge is 0.292 e. The van der Waals surface area contributed by atoms with Crippen LogP contribution in [0.3, 0.4) is 0 Å². The molecule has 1 aromatic heterocycles. The van der Waals surface area contributed by atoms with Crippen molar-refractivity contribution < 1.29 is 9.59 Å². The minimum Gasteiger partial charge on any atom is -0.292 e. The van der Waals surface area contributed by atoms with Gasteiger partial charge in [-0.1, -0.05) is 47.7 Å². The van der Waals surface area contributed by atoms with Gasteiger partial charge in [-0.2, -0.15) is 4.68 Å². The number of nitrogens with zero attached hydrogens (tertiary/aromatic N) is 4. The summed E-state index contributed by atoms with van der Waals surface area (Å²) in [7, 11) is 0. The van der Waals surface area contributed by atoms with Crippen LogP contribution in [0.5, 0.6) is 0 Å². The van der Waals surface area contributed by atoms with E-state index in [1.165, 1.54) is 11.8 Å². The summed E-state index contributed by atoms with van der Waals surface area (Å²) in [5.41, 5.74) is 3.46. The summed E-state index contributed by atoms with van der Waals surface area (Å²) in [6.07, 6.45) is 0. The lowest BCUT2D eigenvalue weighted by molar-refractivity contribution is -0.117. The molecule has 1 heterocycles. The third kappa shape index (κ3) is 4.15. The maximum Gasteiger partial charge on any atom is 0.257 e. The Morgan fingerprint density at radius 2 is 1.88 bits per heavy atom. The van der Waals surface area contributed by atoms with Gasteiger partial charge in [0.05, 0.1) is 11.4 Å². The van der Waals surface area contributed by atoms with Gasteiger partial charge in [0.2, 0.25) is 11.1 Å². The fourth-order valence-electron chi connectivity index (χ4n) is 2.42. The Balaban J connectivity index is 1.65. The fourth-order valence-corrected chi connectivity index (χ4v) is 3.10. The van der Waals surface area contributed by atoms with Crippen LogP contribution in [0.1, 0.15) is 21.5 Å². The molecule has 8 heteroatoms. The zero-order valence-corrected chi connectivity index (χ0v) is 15.2. The molecule has 0 aliphatic heterocycles. The lowest BCUT2D eigenvalue weighted by Crippen LogP contribution is -2.31. The highest BCUT2D eigenvalue weighted by molar-refractivity contribution is 7.99. The number of rotatable bonds is 5. The van der Waals surface area contributed by atoms with Gasteiger partial charge in [0.1, 0.15) is 0 Å². The zero-order chi connectivity index (χ0) is 18.5. The Labute approximate surface area is 154 Å². The molecule has 0 bridgehead atoms. The molecule has 3 rings (SSSR count). The molecule has 0 saturated carbocycles. The van der Waals surface area contributed by atoms with Crippen LogP contribution < -0.4 is 5.32 Å². The number of aryl methyl sites for hydroxylation is 2. The maximum atomic E-state index is 12.1. The molecule has 3 aromatic rings. The summed E-state index contributed by atoms with van der Waals surface area (Å²) < 4.78 is 1.59. The molecule has 0 saturated heterocycles. The first-order valence-electron chi connectivity index (χ1n) is 7.92. The number of nitrogens with one attached hydrogen (secondary N) is 1. The second-order valence-corrected chi connectivity index (χ2v) is 6.64. The molecule has 0 aliphatic carbocycles. The summed E-state index contributed by atoms with van der Waals surface area (Å²) in [4.78, 5) is 24.0. The minimum atomic E-state index is -0.426. The van der Waals surface area contributed by atoms with Crippen LogP contribution in [0.2, 0.25) is 0 Å². The number of aromatic nitrogens is 4. The van der Waals surface area contributed by atoms with Crippen LogP contribution in [0, 0.1) is 13.8 Å². The van der Waals surface area contributed by atoms with E-state index in [0.29, 0.717) is 10.7 Å².